The molecule has 0 atom stereocenters. The highest BCUT2D eigenvalue weighted by Crippen LogP contribution is 2.09. The molecule has 19 heavy (non-hydrogen) atoms. The number of hydrogen-bond acceptors (Lipinski definition) is 4. The molecule has 0 aliphatic heterocycles. The Bertz CT molecular complexity index is 581. The summed E-state index contributed by atoms with van der Waals surface area (Å²) in [5, 5.41) is 2.49. The summed E-state index contributed by atoms with van der Waals surface area (Å²) in [6, 6.07) is 7.01. The number of carbonyl (C=O) groups excluding carboxylic acids is 2. The number of anilines is 1. The van der Waals surface area contributed by atoms with Gasteiger partial charge in [-0.2, -0.15) is 0 Å². The number of aryl methyl sites for hydroxylation is 1. The summed E-state index contributed by atoms with van der Waals surface area (Å²) in [5.74, 6) is -2.41. The van der Waals surface area contributed by atoms with Crippen LogP contribution in [0.5, 0.6) is 0 Å². The van der Waals surface area contributed by atoms with Gasteiger partial charge in [-0.05, 0) is 24.6 Å². The van der Waals surface area contributed by atoms with Gasteiger partial charge >= 0.3 is 0 Å². The first kappa shape index (κ1) is 15.2. The second kappa shape index (κ2) is 6.33. The number of benzene rings is 1. The van der Waals surface area contributed by atoms with Gasteiger partial charge in [0.2, 0.25) is 11.8 Å². The highest BCUT2D eigenvalue weighted by atomic mass is 32.2. The van der Waals surface area contributed by atoms with Crippen molar-refractivity contribution in [3.8, 4) is 0 Å². The molecule has 0 heterocycles. The minimum absolute atomic E-state index is 0.278. The number of sulfone groups is 1. The monoisotopic (exact) mass is 284 g/mol. The Kier molecular flexibility index (Phi) is 5.05. The molecular formula is C12H16N2O4S. The molecule has 0 bridgehead atoms. The Balaban J connectivity index is 2.58. The normalized spacial score (nSPS) is 11.0. The van der Waals surface area contributed by atoms with E-state index >= 15 is 0 Å². The molecule has 0 saturated carbocycles. The van der Waals surface area contributed by atoms with Gasteiger partial charge in [0.15, 0.2) is 9.84 Å². The summed E-state index contributed by atoms with van der Waals surface area (Å²) < 4.78 is 23.1. The maximum Gasteiger partial charge on any atom is 0.239 e. The molecule has 0 aromatic heterocycles. The molecule has 0 aliphatic rings. The number of nitrogens with one attached hydrogen (secondary N) is 1. The van der Waals surface area contributed by atoms with Crippen LogP contribution in [0.15, 0.2) is 24.3 Å². The predicted molar refractivity (Wildman–Crippen MR) is 72.3 cm³/mol. The average Bonchev–Trinajstić information content (AvgIpc) is 2.25. The minimum Gasteiger partial charge on any atom is -0.370 e. The average molecular weight is 284 g/mol. The fourth-order valence-electron chi connectivity index (χ4n) is 1.45. The van der Waals surface area contributed by atoms with Crippen LogP contribution in [0.2, 0.25) is 0 Å². The van der Waals surface area contributed by atoms with E-state index in [2.05, 4.69) is 5.32 Å². The number of rotatable bonds is 6. The number of amides is 2. The van der Waals surface area contributed by atoms with Crippen molar-refractivity contribution in [2.45, 2.75) is 13.3 Å². The van der Waals surface area contributed by atoms with Crippen molar-refractivity contribution in [3.05, 3.63) is 29.8 Å². The molecule has 6 nitrogen and oxygen atoms in total. The minimum atomic E-state index is -3.62. The largest absolute Gasteiger partial charge is 0.370 e. The Morgan fingerprint density at radius 1 is 1.32 bits per heavy atom. The zero-order valence-corrected chi connectivity index (χ0v) is 11.4. The maximum absolute atomic E-state index is 11.6. The molecule has 0 fully saturated rings. The molecule has 0 radical (unpaired) electrons. The smallest absolute Gasteiger partial charge is 0.239 e. The Labute approximate surface area is 111 Å². The van der Waals surface area contributed by atoms with Crippen molar-refractivity contribution < 1.29 is 18.0 Å². The van der Waals surface area contributed by atoms with Gasteiger partial charge < -0.3 is 11.1 Å². The van der Waals surface area contributed by atoms with Crippen LogP contribution in [0.4, 0.5) is 5.69 Å². The number of nitrogens with two attached hydrogens (primary N) is 1. The standard InChI is InChI=1S/C12H16N2O4S/c1-9-3-2-4-10(7-9)14-12(16)8-19(17,18)6-5-11(13)15/h2-4,7H,5-6,8H2,1H3,(H2,13,15)(H,14,16). The van der Waals surface area contributed by atoms with Crippen LogP contribution in [-0.4, -0.2) is 31.7 Å². The summed E-state index contributed by atoms with van der Waals surface area (Å²) in [6.07, 6.45) is -0.278. The third-order valence-corrected chi connectivity index (χ3v) is 3.84. The zero-order chi connectivity index (χ0) is 14.5. The van der Waals surface area contributed by atoms with Crippen LogP contribution in [0.3, 0.4) is 0 Å². The van der Waals surface area contributed by atoms with E-state index in [0.29, 0.717) is 5.69 Å². The summed E-state index contributed by atoms with van der Waals surface area (Å²) in [5.41, 5.74) is 6.36. The lowest BCUT2D eigenvalue weighted by molar-refractivity contribution is -0.117. The third kappa shape index (κ3) is 6.01. The fourth-order valence-corrected chi connectivity index (χ4v) is 2.58. The molecule has 3 N–H and O–H groups in total. The molecule has 1 aromatic rings. The molecule has 1 aromatic carbocycles. The van der Waals surface area contributed by atoms with E-state index in [4.69, 9.17) is 5.73 Å². The number of hydrogen-bond donors (Lipinski definition) is 2. The van der Waals surface area contributed by atoms with Crippen molar-refractivity contribution >= 4 is 27.3 Å². The first-order valence-corrected chi connectivity index (χ1v) is 7.46. The van der Waals surface area contributed by atoms with Crippen LogP contribution in [0.1, 0.15) is 12.0 Å². The highest BCUT2D eigenvalue weighted by Gasteiger charge is 2.17. The van der Waals surface area contributed by atoms with Crippen LogP contribution < -0.4 is 11.1 Å². The van der Waals surface area contributed by atoms with E-state index in [1.807, 2.05) is 13.0 Å². The zero-order valence-electron chi connectivity index (χ0n) is 10.5. The highest BCUT2D eigenvalue weighted by molar-refractivity contribution is 7.92. The van der Waals surface area contributed by atoms with Gasteiger partial charge in [0.05, 0.1) is 5.75 Å². The van der Waals surface area contributed by atoms with Crippen molar-refractivity contribution in [2.24, 2.45) is 5.73 Å². The van der Waals surface area contributed by atoms with E-state index in [0.717, 1.165) is 5.56 Å². The summed E-state index contributed by atoms with van der Waals surface area (Å²) in [4.78, 5) is 22.1. The molecule has 1 rings (SSSR count). The number of primary amides is 1. The topological polar surface area (TPSA) is 106 Å². The molecular weight excluding hydrogens is 268 g/mol. The molecule has 0 unspecified atom stereocenters. The summed E-state index contributed by atoms with van der Waals surface area (Å²) in [6.45, 7) is 1.86. The van der Waals surface area contributed by atoms with Crippen LogP contribution >= 0.6 is 0 Å². The number of carbonyl (C=O) groups is 2. The van der Waals surface area contributed by atoms with Crippen LogP contribution in [0.25, 0.3) is 0 Å². The van der Waals surface area contributed by atoms with E-state index in [-0.39, 0.29) is 6.42 Å². The molecule has 0 saturated heterocycles. The quantitative estimate of drug-likeness (QED) is 0.779. The first-order valence-electron chi connectivity index (χ1n) is 5.64. The lowest BCUT2D eigenvalue weighted by Gasteiger charge is -2.06. The predicted octanol–water partition coefficient (Wildman–Crippen LogP) is 0.224. The van der Waals surface area contributed by atoms with Crippen molar-refractivity contribution in [3.63, 3.8) is 0 Å². The lowest BCUT2D eigenvalue weighted by Crippen LogP contribution is -2.26. The van der Waals surface area contributed by atoms with Crippen molar-refractivity contribution in [2.75, 3.05) is 16.8 Å². The van der Waals surface area contributed by atoms with E-state index in [1.165, 1.54) is 0 Å². The second-order valence-electron chi connectivity index (χ2n) is 4.23. The van der Waals surface area contributed by atoms with Crippen molar-refractivity contribution in [1.82, 2.24) is 0 Å². The Hall–Kier alpha value is -1.89. The van der Waals surface area contributed by atoms with E-state index in [1.54, 1.807) is 18.2 Å². The molecule has 0 spiro atoms. The van der Waals surface area contributed by atoms with Crippen molar-refractivity contribution in [1.29, 1.82) is 0 Å². The van der Waals surface area contributed by atoms with E-state index in [9.17, 15) is 18.0 Å². The first-order chi connectivity index (χ1) is 8.78. The summed E-state index contributed by atoms with van der Waals surface area (Å²) >= 11 is 0. The van der Waals surface area contributed by atoms with Gasteiger partial charge in [-0.1, -0.05) is 12.1 Å². The Morgan fingerprint density at radius 2 is 2.00 bits per heavy atom. The van der Waals surface area contributed by atoms with E-state index < -0.39 is 33.2 Å². The van der Waals surface area contributed by atoms with Gasteiger partial charge in [-0.3, -0.25) is 9.59 Å². The second-order valence-corrected chi connectivity index (χ2v) is 6.41. The fraction of sp³-hybridized carbons (Fsp3) is 0.333. The van der Waals surface area contributed by atoms with Gasteiger partial charge in [0, 0.05) is 12.1 Å². The SMILES string of the molecule is Cc1cccc(NC(=O)CS(=O)(=O)CCC(N)=O)c1. The maximum atomic E-state index is 11.6. The summed E-state index contributed by atoms with van der Waals surface area (Å²) in [7, 11) is -3.62. The third-order valence-electron chi connectivity index (χ3n) is 2.31. The van der Waals surface area contributed by atoms with Crippen LogP contribution in [-0.2, 0) is 19.4 Å². The van der Waals surface area contributed by atoms with Gasteiger partial charge in [0.25, 0.3) is 0 Å². The molecule has 104 valence electrons. The van der Waals surface area contributed by atoms with Gasteiger partial charge in [-0.25, -0.2) is 8.42 Å². The molecule has 0 aliphatic carbocycles. The van der Waals surface area contributed by atoms with Crippen LogP contribution in [0, 0.1) is 6.92 Å². The van der Waals surface area contributed by atoms with Gasteiger partial charge in [-0.15, -0.1) is 0 Å². The van der Waals surface area contributed by atoms with Gasteiger partial charge in [0.1, 0.15) is 5.75 Å². The molecule has 2 amide bonds. The molecule has 7 heteroatoms. The Morgan fingerprint density at radius 3 is 2.58 bits per heavy atom. The lowest BCUT2D eigenvalue weighted by atomic mass is 10.2.